The molecule has 1 aromatic carbocycles. The minimum absolute atomic E-state index is 0.188. The molecule has 2 rings (SSSR count). The summed E-state index contributed by atoms with van der Waals surface area (Å²) in [7, 11) is -4.21. The highest BCUT2D eigenvalue weighted by molar-refractivity contribution is 7.86. The van der Waals surface area contributed by atoms with Gasteiger partial charge in [-0.3, -0.25) is 4.55 Å². The number of aryl methyl sites for hydroxylation is 1. The van der Waals surface area contributed by atoms with Crippen molar-refractivity contribution in [1.82, 2.24) is 8.75 Å². The first-order valence-corrected chi connectivity index (χ1v) is 5.86. The summed E-state index contributed by atoms with van der Waals surface area (Å²) in [6.07, 6.45) is 0. The minimum atomic E-state index is -4.21. The summed E-state index contributed by atoms with van der Waals surface area (Å²) in [4.78, 5) is -0.188. The van der Waals surface area contributed by atoms with Gasteiger partial charge in [-0.1, -0.05) is 6.07 Å². The van der Waals surface area contributed by atoms with Crippen molar-refractivity contribution in [2.24, 2.45) is 0 Å². The first-order valence-electron chi connectivity index (χ1n) is 3.69. The van der Waals surface area contributed by atoms with Crippen molar-refractivity contribution in [3.63, 3.8) is 0 Å². The van der Waals surface area contributed by atoms with E-state index in [0.717, 1.165) is 17.3 Å². The lowest BCUT2D eigenvalue weighted by Gasteiger charge is -1.98. The fourth-order valence-electron chi connectivity index (χ4n) is 1.18. The van der Waals surface area contributed by atoms with Gasteiger partial charge in [-0.2, -0.15) is 17.2 Å². The van der Waals surface area contributed by atoms with Gasteiger partial charge in [0, 0.05) is 0 Å². The van der Waals surface area contributed by atoms with Gasteiger partial charge in [-0.15, -0.1) is 0 Å². The molecule has 0 aliphatic heterocycles. The minimum Gasteiger partial charge on any atom is -0.282 e. The molecule has 74 valence electrons. The van der Waals surface area contributed by atoms with E-state index in [4.69, 9.17) is 4.55 Å². The third kappa shape index (κ3) is 1.39. The average molecular weight is 230 g/mol. The first-order chi connectivity index (χ1) is 6.50. The summed E-state index contributed by atoms with van der Waals surface area (Å²) >= 11 is 0.922. The van der Waals surface area contributed by atoms with E-state index in [1.165, 1.54) is 6.07 Å². The molecule has 0 spiro atoms. The van der Waals surface area contributed by atoms with Gasteiger partial charge in [0.1, 0.15) is 15.9 Å². The number of benzene rings is 1. The first kappa shape index (κ1) is 9.50. The fraction of sp³-hybridized carbons (Fsp3) is 0.143. The Labute approximate surface area is 84.5 Å². The quantitative estimate of drug-likeness (QED) is 0.746. The SMILES string of the molecule is Cc1ccc(S(=O)(=O)O)c2nsnc12. The van der Waals surface area contributed by atoms with Crippen LogP contribution in [-0.4, -0.2) is 21.7 Å². The standard InChI is InChI=1S/C7H6N2O3S2/c1-4-2-3-5(14(10,11)12)7-6(4)8-13-9-7/h2-3H,1H3,(H,10,11,12). The van der Waals surface area contributed by atoms with Crippen LogP contribution in [0.3, 0.4) is 0 Å². The van der Waals surface area contributed by atoms with Crippen LogP contribution in [0, 0.1) is 6.92 Å². The van der Waals surface area contributed by atoms with Crippen molar-refractivity contribution in [2.75, 3.05) is 0 Å². The maximum absolute atomic E-state index is 10.9. The molecule has 0 radical (unpaired) electrons. The highest BCUT2D eigenvalue weighted by Crippen LogP contribution is 2.23. The third-order valence-electron chi connectivity index (χ3n) is 1.86. The summed E-state index contributed by atoms with van der Waals surface area (Å²) in [5.41, 5.74) is 1.59. The number of hydrogen-bond donors (Lipinski definition) is 1. The Morgan fingerprint density at radius 2 is 1.93 bits per heavy atom. The predicted molar refractivity (Wildman–Crippen MR) is 52.0 cm³/mol. The van der Waals surface area contributed by atoms with Crippen molar-refractivity contribution in [1.29, 1.82) is 0 Å². The molecular weight excluding hydrogens is 224 g/mol. The summed E-state index contributed by atoms with van der Waals surface area (Å²) < 4.78 is 38.6. The molecule has 1 N–H and O–H groups in total. The number of rotatable bonds is 1. The maximum atomic E-state index is 10.9. The zero-order chi connectivity index (χ0) is 10.3. The highest BCUT2D eigenvalue weighted by Gasteiger charge is 2.17. The summed E-state index contributed by atoms with van der Waals surface area (Å²) in [5.74, 6) is 0. The Balaban J connectivity index is 2.93. The molecule has 7 heteroatoms. The van der Waals surface area contributed by atoms with Crippen molar-refractivity contribution < 1.29 is 13.0 Å². The molecule has 0 fully saturated rings. The van der Waals surface area contributed by atoms with Crippen LogP contribution < -0.4 is 0 Å². The van der Waals surface area contributed by atoms with Gasteiger partial charge in [0.2, 0.25) is 0 Å². The lowest BCUT2D eigenvalue weighted by atomic mass is 10.2. The second kappa shape index (κ2) is 2.97. The lowest BCUT2D eigenvalue weighted by molar-refractivity contribution is 0.484. The van der Waals surface area contributed by atoms with Crippen LogP contribution in [0.2, 0.25) is 0 Å². The number of hydrogen-bond acceptors (Lipinski definition) is 5. The van der Waals surface area contributed by atoms with Gasteiger partial charge in [-0.25, -0.2) is 0 Å². The van der Waals surface area contributed by atoms with Gasteiger partial charge in [0.05, 0.1) is 11.7 Å². The predicted octanol–water partition coefficient (Wildman–Crippen LogP) is 1.25. The second-order valence-electron chi connectivity index (χ2n) is 2.82. The molecule has 0 amide bonds. The average Bonchev–Trinajstić information content (AvgIpc) is 2.50. The Kier molecular flexibility index (Phi) is 2.02. The zero-order valence-corrected chi connectivity index (χ0v) is 8.76. The molecule has 0 bridgehead atoms. The van der Waals surface area contributed by atoms with Crippen LogP contribution >= 0.6 is 11.7 Å². The molecule has 0 atom stereocenters. The molecule has 0 aliphatic rings. The van der Waals surface area contributed by atoms with E-state index in [9.17, 15) is 8.42 Å². The Morgan fingerprint density at radius 1 is 1.29 bits per heavy atom. The van der Waals surface area contributed by atoms with Crippen molar-refractivity contribution >= 4 is 32.9 Å². The highest BCUT2D eigenvalue weighted by atomic mass is 32.2. The van der Waals surface area contributed by atoms with Crippen molar-refractivity contribution in [3.05, 3.63) is 17.7 Å². The Morgan fingerprint density at radius 3 is 2.57 bits per heavy atom. The third-order valence-corrected chi connectivity index (χ3v) is 3.27. The molecule has 1 heterocycles. The topological polar surface area (TPSA) is 80.2 Å². The Bertz CT molecular complexity index is 588. The van der Waals surface area contributed by atoms with Crippen LogP contribution in [-0.2, 0) is 10.1 Å². The summed E-state index contributed by atoms with van der Waals surface area (Å²) in [6.45, 7) is 1.80. The normalized spacial score (nSPS) is 12.1. The molecule has 0 unspecified atom stereocenters. The molecule has 0 saturated heterocycles. The molecular formula is C7H6N2O3S2. The smallest absolute Gasteiger partial charge is 0.282 e. The van der Waals surface area contributed by atoms with E-state index in [-0.39, 0.29) is 10.4 Å². The van der Waals surface area contributed by atoms with Crippen molar-refractivity contribution in [3.8, 4) is 0 Å². The molecule has 0 saturated carbocycles. The number of aromatic nitrogens is 2. The number of fused-ring (bicyclic) bond motifs is 1. The van der Waals surface area contributed by atoms with Crippen LogP contribution in [0.4, 0.5) is 0 Å². The van der Waals surface area contributed by atoms with Gasteiger partial charge < -0.3 is 0 Å². The zero-order valence-electron chi connectivity index (χ0n) is 7.13. The van der Waals surface area contributed by atoms with Crippen LogP contribution in [0.1, 0.15) is 5.56 Å². The second-order valence-corrected chi connectivity index (χ2v) is 4.74. The van der Waals surface area contributed by atoms with E-state index >= 15 is 0 Å². The van der Waals surface area contributed by atoms with Gasteiger partial charge >= 0.3 is 0 Å². The van der Waals surface area contributed by atoms with E-state index in [1.807, 2.05) is 0 Å². The monoisotopic (exact) mass is 230 g/mol. The van der Waals surface area contributed by atoms with E-state index < -0.39 is 10.1 Å². The van der Waals surface area contributed by atoms with E-state index in [2.05, 4.69) is 8.75 Å². The van der Waals surface area contributed by atoms with Crippen LogP contribution in [0.25, 0.3) is 11.0 Å². The van der Waals surface area contributed by atoms with Gasteiger partial charge in [0.15, 0.2) is 0 Å². The van der Waals surface area contributed by atoms with E-state index in [0.29, 0.717) is 5.52 Å². The van der Waals surface area contributed by atoms with Gasteiger partial charge in [0.25, 0.3) is 10.1 Å². The molecule has 14 heavy (non-hydrogen) atoms. The molecule has 5 nitrogen and oxygen atoms in total. The molecule has 0 aliphatic carbocycles. The lowest BCUT2D eigenvalue weighted by Crippen LogP contribution is -1.99. The number of nitrogens with zero attached hydrogens (tertiary/aromatic N) is 2. The fourth-order valence-corrected chi connectivity index (χ4v) is 2.48. The summed E-state index contributed by atoms with van der Waals surface area (Å²) in [5, 5.41) is 0. The molecule has 1 aromatic heterocycles. The van der Waals surface area contributed by atoms with Gasteiger partial charge in [-0.05, 0) is 18.6 Å². The molecule has 2 aromatic rings. The maximum Gasteiger partial charge on any atom is 0.296 e. The largest absolute Gasteiger partial charge is 0.296 e. The van der Waals surface area contributed by atoms with Crippen molar-refractivity contribution in [2.45, 2.75) is 11.8 Å². The van der Waals surface area contributed by atoms with E-state index in [1.54, 1.807) is 13.0 Å². The van der Waals surface area contributed by atoms with Crippen LogP contribution in [0.5, 0.6) is 0 Å². The Hall–Kier alpha value is -1.05. The summed E-state index contributed by atoms with van der Waals surface area (Å²) in [6, 6.07) is 2.92. The van der Waals surface area contributed by atoms with Crippen LogP contribution in [0.15, 0.2) is 17.0 Å².